The van der Waals surface area contributed by atoms with E-state index >= 15 is 0 Å². The van der Waals surface area contributed by atoms with Gasteiger partial charge in [0, 0.05) is 12.6 Å². The molecule has 0 radical (unpaired) electrons. The molecule has 3 rings (SSSR count). The van der Waals surface area contributed by atoms with Crippen molar-refractivity contribution >= 4 is 11.0 Å². The Morgan fingerprint density at radius 1 is 1.39 bits per heavy atom. The molecule has 3 heteroatoms. The molecule has 3 nitrogen and oxygen atoms in total. The van der Waals surface area contributed by atoms with Gasteiger partial charge in [0.05, 0.1) is 17.4 Å². The molecule has 0 bridgehead atoms. The van der Waals surface area contributed by atoms with E-state index in [1.807, 2.05) is 12.4 Å². The van der Waals surface area contributed by atoms with Gasteiger partial charge in [0.1, 0.15) is 0 Å². The predicted molar refractivity (Wildman–Crippen MR) is 74.5 cm³/mol. The number of imidazole rings is 1. The topological polar surface area (TPSA) is 29.9 Å². The van der Waals surface area contributed by atoms with Crippen LogP contribution in [0, 0.1) is 5.92 Å². The Kier molecular flexibility index (Phi) is 3.33. The van der Waals surface area contributed by atoms with Gasteiger partial charge < -0.3 is 9.88 Å². The second kappa shape index (κ2) is 5.11. The highest BCUT2D eigenvalue weighted by atomic mass is 15.0. The number of para-hydroxylation sites is 2. The van der Waals surface area contributed by atoms with Crippen LogP contribution in [0.3, 0.4) is 0 Å². The maximum atomic E-state index is 4.41. The summed E-state index contributed by atoms with van der Waals surface area (Å²) >= 11 is 0. The number of hydrogen-bond acceptors (Lipinski definition) is 2. The highest BCUT2D eigenvalue weighted by molar-refractivity contribution is 5.74. The van der Waals surface area contributed by atoms with E-state index in [1.165, 1.54) is 18.4 Å². The molecule has 1 unspecified atom stereocenters. The van der Waals surface area contributed by atoms with E-state index in [0.29, 0.717) is 6.04 Å². The third kappa shape index (κ3) is 2.56. The molecule has 1 aromatic heterocycles. The molecule has 1 aliphatic carbocycles. The summed E-state index contributed by atoms with van der Waals surface area (Å²) in [6.07, 6.45) is 5.95. The fourth-order valence-corrected chi connectivity index (χ4v) is 2.53. The Bertz CT molecular complexity index is 513. The first-order valence-electron chi connectivity index (χ1n) is 6.98. The maximum absolute atomic E-state index is 4.41. The van der Waals surface area contributed by atoms with Gasteiger partial charge in [0.2, 0.25) is 0 Å². The van der Waals surface area contributed by atoms with E-state index in [-0.39, 0.29) is 0 Å². The normalized spacial score (nSPS) is 17.2. The lowest BCUT2D eigenvalue weighted by Gasteiger charge is -2.12. The van der Waals surface area contributed by atoms with Gasteiger partial charge in [-0.05, 0) is 50.8 Å². The van der Waals surface area contributed by atoms with Crippen LogP contribution in [0.1, 0.15) is 26.2 Å². The molecular weight excluding hydrogens is 222 g/mol. The molecule has 1 aromatic carbocycles. The van der Waals surface area contributed by atoms with Crippen LogP contribution < -0.4 is 5.32 Å². The first kappa shape index (κ1) is 11.7. The summed E-state index contributed by atoms with van der Waals surface area (Å²) in [5.74, 6) is 0.944. The molecule has 1 N–H and O–H groups in total. The van der Waals surface area contributed by atoms with Crippen molar-refractivity contribution < 1.29 is 0 Å². The summed E-state index contributed by atoms with van der Waals surface area (Å²) < 4.78 is 2.25. The third-order valence-corrected chi connectivity index (χ3v) is 3.90. The number of hydrogen-bond donors (Lipinski definition) is 1. The minimum absolute atomic E-state index is 0.699. The van der Waals surface area contributed by atoms with Gasteiger partial charge in [-0.25, -0.2) is 4.98 Å². The van der Waals surface area contributed by atoms with Crippen molar-refractivity contribution in [3.8, 4) is 0 Å². The van der Waals surface area contributed by atoms with E-state index in [9.17, 15) is 0 Å². The lowest BCUT2D eigenvalue weighted by molar-refractivity contribution is 0.477. The molecule has 0 saturated heterocycles. The second-order valence-corrected chi connectivity index (χ2v) is 5.36. The van der Waals surface area contributed by atoms with Crippen LogP contribution >= 0.6 is 0 Å². The molecule has 96 valence electrons. The fourth-order valence-electron chi connectivity index (χ4n) is 2.53. The molecule has 0 spiro atoms. The zero-order valence-electron chi connectivity index (χ0n) is 11.0. The predicted octanol–water partition coefficient (Wildman–Crippen LogP) is 2.81. The Morgan fingerprint density at radius 3 is 3.06 bits per heavy atom. The van der Waals surface area contributed by atoms with Crippen LogP contribution in [0.4, 0.5) is 0 Å². The zero-order chi connectivity index (χ0) is 12.4. The highest BCUT2D eigenvalue weighted by Gasteiger charge is 2.26. The Hall–Kier alpha value is -1.35. The average Bonchev–Trinajstić information content (AvgIpc) is 3.17. The molecule has 2 aromatic rings. The van der Waals surface area contributed by atoms with Crippen molar-refractivity contribution in [3.63, 3.8) is 0 Å². The standard InChI is InChI=1S/C15H21N3/c1-12(13-7-8-13)16-9-4-10-18-11-17-14-5-2-3-6-15(14)18/h2-3,5-6,11-13,16H,4,7-10H2,1H3. The van der Waals surface area contributed by atoms with Gasteiger partial charge in [0.15, 0.2) is 0 Å². The molecule has 1 saturated carbocycles. The number of fused-ring (bicyclic) bond motifs is 1. The summed E-state index contributed by atoms with van der Waals surface area (Å²) in [5, 5.41) is 3.62. The maximum Gasteiger partial charge on any atom is 0.0958 e. The number of aromatic nitrogens is 2. The molecule has 1 fully saturated rings. The van der Waals surface area contributed by atoms with Gasteiger partial charge in [-0.2, -0.15) is 0 Å². The van der Waals surface area contributed by atoms with Crippen molar-refractivity contribution in [1.82, 2.24) is 14.9 Å². The van der Waals surface area contributed by atoms with Crippen LogP contribution in [-0.2, 0) is 6.54 Å². The number of aryl methyl sites for hydroxylation is 1. The SMILES string of the molecule is CC(NCCCn1cnc2ccccc21)C1CC1. The highest BCUT2D eigenvalue weighted by Crippen LogP contribution is 2.32. The van der Waals surface area contributed by atoms with Crippen molar-refractivity contribution in [2.24, 2.45) is 5.92 Å². The largest absolute Gasteiger partial charge is 0.331 e. The quantitative estimate of drug-likeness (QED) is 0.791. The summed E-state index contributed by atoms with van der Waals surface area (Å²) in [7, 11) is 0. The number of rotatable bonds is 6. The van der Waals surface area contributed by atoms with Gasteiger partial charge in [-0.15, -0.1) is 0 Å². The summed E-state index contributed by atoms with van der Waals surface area (Å²) in [5.41, 5.74) is 2.34. The smallest absolute Gasteiger partial charge is 0.0958 e. The molecule has 0 aliphatic heterocycles. The van der Waals surface area contributed by atoms with E-state index in [1.54, 1.807) is 0 Å². The summed E-state index contributed by atoms with van der Waals surface area (Å²) in [4.78, 5) is 4.41. The van der Waals surface area contributed by atoms with Crippen molar-refractivity contribution in [3.05, 3.63) is 30.6 Å². The molecule has 1 atom stereocenters. The fraction of sp³-hybridized carbons (Fsp3) is 0.533. The van der Waals surface area contributed by atoms with Gasteiger partial charge >= 0.3 is 0 Å². The van der Waals surface area contributed by atoms with Crippen LogP contribution in [0.15, 0.2) is 30.6 Å². The molecule has 1 heterocycles. The number of nitrogens with zero attached hydrogens (tertiary/aromatic N) is 2. The lowest BCUT2D eigenvalue weighted by atomic mass is 10.2. The van der Waals surface area contributed by atoms with Crippen LogP contribution in [0.25, 0.3) is 11.0 Å². The minimum atomic E-state index is 0.699. The van der Waals surface area contributed by atoms with E-state index in [2.05, 4.69) is 40.0 Å². The first-order chi connectivity index (χ1) is 8.84. The van der Waals surface area contributed by atoms with Gasteiger partial charge in [0.25, 0.3) is 0 Å². The van der Waals surface area contributed by atoms with Crippen molar-refractivity contribution in [2.75, 3.05) is 6.54 Å². The van der Waals surface area contributed by atoms with Crippen LogP contribution in [0.2, 0.25) is 0 Å². The lowest BCUT2D eigenvalue weighted by Crippen LogP contribution is -2.29. The first-order valence-corrected chi connectivity index (χ1v) is 6.98. The van der Waals surface area contributed by atoms with E-state index in [4.69, 9.17) is 0 Å². The van der Waals surface area contributed by atoms with Gasteiger partial charge in [-0.1, -0.05) is 12.1 Å². The monoisotopic (exact) mass is 243 g/mol. The van der Waals surface area contributed by atoms with Crippen LogP contribution in [0.5, 0.6) is 0 Å². The average molecular weight is 243 g/mol. The Morgan fingerprint density at radius 2 is 2.22 bits per heavy atom. The van der Waals surface area contributed by atoms with Crippen molar-refractivity contribution in [2.45, 2.75) is 38.8 Å². The zero-order valence-corrected chi connectivity index (χ0v) is 11.0. The second-order valence-electron chi connectivity index (χ2n) is 5.36. The molecule has 0 amide bonds. The molecule has 1 aliphatic rings. The number of nitrogens with one attached hydrogen (secondary N) is 1. The molecular formula is C15H21N3. The van der Waals surface area contributed by atoms with Crippen molar-refractivity contribution in [1.29, 1.82) is 0 Å². The minimum Gasteiger partial charge on any atom is -0.331 e. The summed E-state index contributed by atoms with van der Waals surface area (Å²) in [6, 6.07) is 9.03. The van der Waals surface area contributed by atoms with E-state index in [0.717, 1.165) is 30.9 Å². The van der Waals surface area contributed by atoms with Gasteiger partial charge in [-0.3, -0.25) is 0 Å². The Labute approximate surface area is 108 Å². The van der Waals surface area contributed by atoms with E-state index < -0.39 is 0 Å². The Balaban J connectivity index is 1.50. The summed E-state index contributed by atoms with van der Waals surface area (Å²) in [6.45, 7) is 4.46. The molecule has 18 heavy (non-hydrogen) atoms. The third-order valence-electron chi connectivity index (χ3n) is 3.90. The van der Waals surface area contributed by atoms with Crippen LogP contribution in [-0.4, -0.2) is 22.1 Å². The number of benzene rings is 1.